The minimum Gasteiger partial charge on any atom is -0.0654 e. The van der Waals surface area contributed by atoms with Gasteiger partial charge in [0.05, 0.1) is 3.39 Å². The topological polar surface area (TPSA) is 0 Å². The summed E-state index contributed by atoms with van der Waals surface area (Å²) in [5.74, 6) is 1.83. The molecule has 0 aliphatic heterocycles. The Labute approximate surface area is 105 Å². The molecule has 1 rings (SSSR count). The summed E-state index contributed by atoms with van der Waals surface area (Å²) in [6.45, 7) is 2.29. The lowest BCUT2D eigenvalue weighted by Crippen LogP contribution is -2.12. The molecule has 0 aromatic carbocycles. The van der Waals surface area contributed by atoms with Gasteiger partial charge in [0.1, 0.15) is 0 Å². The Bertz CT molecular complexity index is 175. The fraction of sp³-hybridized carbons (Fsp3) is 0.833. The fourth-order valence-electron chi connectivity index (χ4n) is 2.31. The molecule has 0 unspecified atom stereocenters. The van der Waals surface area contributed by atoms with Crippen LogP contribution in [0.4, 0.5) is 0 Å². The van der Waals surface area contributed by atoms with Gasteiger partial charge in [-0.3, -0.25) is 0 Å². The fourth-order valence-corrected chi connectivity index (χ4v) is 3.06. The van der Waals surface area contributed by atoms with Crippen LogP contribution in [0.25, 0.3) is 0 Å². The summed E-state index contributed by atoms with van der Waals surface area (Å²) in [7, 11) is 0. The van der Waals surface area contributed by atoms with Crippen molar-refractivity contribution in [1.29, 1.82) is 0 Å². The van der Waals surface area contributed by atoms with Gasteiger partial charge in [-0.05, 0) is 69.4 Å². The van der Waals surface area contributed by atoms with E-state index in [2.05, 4.69) is 44.9 Å². The molecule has 0 amide bonds. The molecule has 1 aliphatic rings. The molecular formula is C12H20Br2. The van der Waals surface area contributed by atoms with Crippen LogP contribution in [0.15, 0.2) is 9.47 Å². The van der Waals surface area contributed by atoms with E-state index in [0.29, 0.717) is 0 Å². The van der Waals surface area contributed by atoms with Crippen molar-refractivity contribution in [2.24, 2.45) is 11.8 Å². The highest BCUT2D eigenvalue weighted by Gasteiger charge is 2.19. The van der Waals surface area contributed by atoms with Crippen LogP contribution in [-0.4, -0.2) is 0 Å². The highest BCUT2D eigenvalue weighted by molar-refractivity contribution is 9.28. The van der Waals surface area contributed by atoms with Gasteiger partial charge in [-0.2, -0.15) is 0 Å². The lowest BCUT2D eigenvalue weighted by Gasteiger charge is -2.26. The van der Waals surface area contributed by atoms with Gasteiger partial charge < -0.3 is 0 Å². The second kappa shape index (κ2) is 7.05. The molecule has 0 spiro atoms. The van der Waals surface area contributed by atoms with Gasteiger partial charge in [-0.1, -0.05) is 32.3 Å². The minimum atomic E-state index is 0.807. The summed E-state index contributed by atoms with van der Waals surface area (Å²) in [6, 6.07) is 0. The van der Waals surface area contributed by atoms with Gasteiger partial charge in [0, 0.05) is 0 Å². The molecule has 1 fully saturated rings. The highest BCUT2D eigenvalue weighted by atomic mass is 79.9. The predicted octanol–water partition coefficient (Wildman–Crippen LogP) is 5.61. The summed E-state index contributed by atoms with van der Waals surface area (Å²) < 4.78 is 1.13. The van der Waals surface area contributed by atoms with Crippen LogP contribution in [0.2, 0.25) is 0 Å². The zero-order chi connectivity index (χ0) is 10.4. The molecule has 14 heavy (non-hydrogen) atoms. The molecule has 0 N–H and O–H groups in total. The average molecular weight is 324 g/mol. The first-order chi connectivity index (χ1) is 6.72. The Morgan fingerprint density at radius 2 is 1.86 bits per heavy atom. The Morgan fingerprint density at radius 1 is 1.21 bits per heavy atom. The molecule has 0 atom stereocenters. The quantitative estimate of drug-likeness (QED) is 0.630. The molecule has 0 aromatic heterocycles. The smallest absolute Gasteiger partial charge is 0.0567 e. The van der Waals surface area contributed by atoms with E-state index in [0.717, 1.165) is 15.2 Å². The number of hydrogen-bond acceptors (Lipinski definition) is 0. The van der Waals surface area contributed by atoms with Gasteiger partial charge in [0.2, 0.25) is 0 Å². The summed E-state index contributed by atoms with van der Waals surface area (Å²) >= 11 is 6.89. The monoisotopic (exact) mass is 322 g/mol. The van der Waals surface area contributed by atoms with Crippen molar-refractivity contribution in [2.75, 3.05) is 0 Å². The van der Waals surface area contributed by atoms with Crippen molar-refractivity contribution in [3.8, 4) is 0 Å². The minimum absolute atomic E-state index is 0.807. The van der Waals surface area contributed by atoms with Crippen LogP contribution < -0.4 is 0 Å². The first kappa shape index (κ1) is 12.8. The van der Waals surface area contributed by atoms with Crippen molar-refractivity contribution >= 4 is 31.9 Å². The van der Waals surface area contributed by atoms with Crippen molar-refractivity contribution in [1.82, 2.24) is 0 Å². The third kappa shape index (κ3) is 4.97. The van der Waals surface area contributed by atoms with Crippen LogP contribution in [0.1, 0.15) is 51.9 Å². The van der Waals surface area contributed by atoms with E-state index in [1.807, 2.05) is 0 Å². The zero-order valence-corrected chi connectivity index (χ0v) is 12.1. The Hall–Kier alpha value is 0.700. The van der Waals surface area contributed by atoms with E-state index in [9.17, 15) is 0 Å². The average Bonchev–Trinajstić information content (AvgIpc) is 2.16. The number of hydrogen-bond donors (Lipinski definition) is 0. The van der Waals surface area contributed by atoms with Gasteiger partial charge in [-0.25, -0.2) is 0 Å². The van der Waals surface area contributed by atoms with Gasteiger partial charge in [0.15, 0.2) is 0 Å². The van der Waals surface area contributed by atoms with E-state index in [1.54, 1.807) is 0 Å². The van der Waals surface area contributed by atoms with Crippen molar-refractivity contribution in [3.63, 3.8) is 0 Å². The molecular weight excluding hydrogens is 304 g/mol. The molecule has 0 nitrogen and oxygen atoms in total. The second-order valence-electron chi connectivity index (χ2n) is 4.38. The summed E-state index contributed by atoms with van der Waals surface area (Å²) in [5.41, 5.74) is 0. The molecule has 0 heterocycles. The summed E-state index contributed by atoms with van der Waals surface area (Å²) in [4.78, 5) is 0. The molecule has 1 aliphatic carbocycles. The van der Waals surface area contributed by atoms with E-state index in [4.69, 9.17) is 0 Å². The number of rotatable bonds is 4. The molecule has 1 saturated carbocycles. The lowest BCUT2D eigenvalue weighted by molar-refractivity contribution is 0.291. The summed E-state index contributed by atoms with van der Waals surface area (Å²) in [5, 5.41) is 0. The first-order valence-corrected chi connectivity index (χ1v) is 7.33. The molecule has 0 radical (unpaired) electrons. The standard InChI is InChI=1S/C12H20Br2/c1-2-3-4-10-5-7-11(8-6-10)9-12(13)14/h9-11H,2-8H2,1H3. The first-order valence-electron chi connectivity index (χ1n) is 5.75. The van der Waals surface area contributed by atoms with Crippen LogP contribution in [0, 0.1) is 11.8 Å². The van der Waals surface area contributed by atoms with Crippen LogP contribution in [0.5, 0.6) is 0 Å². The molecule has 0 aromatic rings. The van der Waals surface area contributed by atoms with Crippen LogP contribution in [0.3, 0.4) is 0 Å². The number of allylic oxidation sites excluding steroid dienone is 1. The maximum Gasteiger partial charge on any atom is 0.0567 e. The summed E-state index contributed by atoms with van der Waals surface area (Å²) in [6.07, 6.45) is 12.2. The number of unbranched alkanes of at least 4 members (excludes halogenated alkanes) is 1. The van der Waals surface area contributed by atoms with Gasteiger partial charge in [0.25, 0.3) is 0 Å². The lowest BCUT2D eigenvalue weighted by atomic mass is 9.80. The maximum absolute atomic E-state index is 3.44. The Balaban J connectivity index is 2.21. The third-order valence-electron chi connectivity index (χ3n) is 3.22. The molecule has 0 bridgehead atoms. The normalized spacial score (nSPS) is 27.4. The van der Waals surface area contributed by atoms with E-state index in [1.165, 1.54) is 44.9 Å². The highest BCUT2D eigenvalue weighted by Crippen LogP contribution is 2.34. The molecule has 0 saturated heterocycles. The van der Waals surface area contributed by atoms with Crippen LogP contribution in [-0.2, 0) is 0 Å². The molecule has 82 valence electrons. The van der Waals surface area contributed by atoms with Crippen LogP contribution >= 0.6 is 31.9 Å². The van der Waals surface area contributed by atoms with Gasteiger partial charge >= 0.3 is 0 Å². The van der Waals surface area contributed by atoms with E-state index >= 15 is 0 Å². The zero-order valence-electron chi connectivity index (χ0n) is 8.94. The Kier molecular flexibility index (Phi) is 6.43. The SMILES string of the molecule is CCCCC1CCC(C=C(Br)Br)CC1. The van der Waals surface area contributed by atoms with Crippen molar-refractivity contribution in [2.45, 2.75) is 51.9 Å². The van der Waals surface area contributed by atoms with E-state index in [-0.39, 0.29) is 0 Å². The van der Waals surface area contributed by atoms with Crippen molar-refractivity contribution < 1.29 is 0 Å². The second-order valence-corrected chi connectivity index (χ2v) is 7.15. The predicted molar refractivity (Wildman–Crippen MR) is 70.9 cm³/mol. The van der Waals surface area contributed by atoms with Crippen molar-refractivity contribution in [3.05, 3.63) is 9.47 Å². The van der Waals surface area contributed by atoms with E-state index < -0.39 is 0 Å². The largest absolute Gasteiger partial charge is 0.0654 e. The maximum atomic E-state index is 3.44. The molecule has 2 heteroatoms. The van der Waals surface area contributed by atoms with Gasteiger partial charge in [-0.15, -0.1) is 0 Å². The Morgan fingerprint density at radius 3 is 2.36 bits per heavy atom. The third-order valence-corrected chi connectivity index (χ3v) is 3.75. The number of halogens is 2.